The van der Waals surface area contributed by atoms with Gasteiger partial charge < -0.3 is 9.47 Å². The molecule has 0 radical (unpaired) electrons. The van der Waals surface area contributed by atoms with Crippen molar-refractivity contribution in [2.24, 2.45) is 0 Å². The zero-order chi connectivity index (χ0) is 19.3. The lowest BCUT2D eigenvalue weighted by Gasteiger charge is -2.20. The van der Waals surface area contributed by atoms with E-state index in [0.717, 1.165) is 41.7 Å². The summed E-state index contributed by atoms with van der Waals surface area (Å²) in [5.74, 6) is 1.16. The smallest absolute Gasteiger partial charge is 0.242 e. The quantitative estimate of drug-likeness (QED) is 0.433. The second kappa shape index (κ2) is 9.19. The van der Waals surface area contributed by atoms with Crippen molar-refractivity contribution in [3.05, 3.63) is 64.8 Å². The number of benzene rings is 2. The predicted molar refractivity (Wildman–Crippen MR) is 121 cm³/mol. The van der Waals surface area contributed by atoms with E-state index < -0.39 is 0 Å². The molecule has 1 saturated heterocycles. The molecule has 1 amide bonds. The largest absolute Gasteiger partial charge is 0.341 e. The van der Waals surface area contributed by atoms with Gasteiger partial charge in [0.15, 0.2) is 0 Å². The molecule has 0 N–H and O–H groups in total. The summed E-state index contributed by atoms with van der Waals surface area (Å²) in [7, 11) is 0. The lowest BCUT2D eigenvalue weighted by atomic mass is 10.2. The number of rotatable bonds is 5. The number of amides is 1. The molecule has 1 aliphatic heterocycles. The summed E-state index contributed by atoms with van der Waals surface area (Å²) < 4.78 is 3.23. The number of fused-ring (bicyclic) bond motifs is 1. The van der Waals surface area contributed by atoms with Gasteiger partial charge in [-0.25, -0.2) is 0 Å². The number of hydrogen-bond acceptors (Lipinski definition) is 2. The Bertz CT molecular complexity index is 943. The Kier molecular flexibility index (Phi) is 6.43. The molecule has 3 aromatic rings. The molecule has 2 heterocycles. The summed E-state index contributed by atoms with van der Waals surface area (Å²) >= 11 is 5.33. The van der Waals surface area contributed by atoms with Gasteiger partial charge in [-0.05, 0) is 36.6 Å². The number of hydrogen-bond donors (Lipinski definition) is 0. The van der Waals surface area contributed by atoms with Crippen molar-refractivity contribution >= 4 is 44.5 Å². The summed E-state index contributed by atoms with van der Waals surface area (Å²) in [6.45, 7) is 2.24. The third kappa shape index (κ3) is 4.64. The zero-order valence-electron chi connectivity index (χ0n) is 15.9. The van der Waals surface area contributed by atoms with E-state index in [1.54, 1.807) is 0 Å². The molecule has 1 aliphatic rings. The fourth-order valence-corrected chi connectivity index (χ4v) is 5.08. The highest BCUT2D eigenvalue weighted by molar-refractivity contribution is 9.10. The van der Waals surface area contributed by atoms with E-state index in [4.69, 9.17) is 0 Å². The predicted octanol–water partition coefficient (Wildman–Crippen LogP) is 6.10. The van der Waals surface area contributed by atoms with E-state index in [9.17, 15) is 4.79 Å². The third-order valence-electron chi connectivity index (χ3n) is 5.32. The van der Waals surface area contributed by atoms with Crippen molar-refractivity contribution in [3.63, 3.8) is 0 Å². The molecule has 1 aromatic heterocycles. The highest BCUT2D eigenvalue weighted by atomic mass is 79.9. The van der Waals surface area contributed by atoms with Crippen LogP contribution in [0, 0.1) is 0 Å². The first-order valence-corrected chi connectivity index (χ1v) is 11.7. The first kappa shape index (κ1) is 19.6. The molecule has 0 saturated carbocycles. The van der Waals surface area contributed by atoms with Gasteiger partial charge in [-0.1, -0.05) is 59.1 Å². The Balaban J connectivity index is 1.52. The summed E-state index contributed by atoms with van der Waals surface area (Å²) in [5, 5.41) is 1.23. The van der Waals surface area contributed by atoms with Crippen LogP contribution in [0.3, 0.4) is 0 Å². The second-order valence-electron chi connectivity index (χ2n) is 7.35. The molecule has 0 unspecified atom stereocenters. The fraction of sp³-hybridized carbons (Fsp3) is 0.348. The van der Waals surface area contributed by atoms with Crippen LogP contribution in [0.15, 0.2) is 64.1 Å². The Hall–Kier alpha value is -1.72. The topological polar surface area (TPSA) is 25.2 Å². The standard InChI is InChI=1S/C23H25BrN2OS/c24-19-11-9-18(10-12-19)17-28-22-15-26(21-8-4-3-7-20(21)22)16-23(27)25-13-5-1-2-6-14-25/h3-4,7-12,15H,1-2,5-6,13-14,16-17H2. The zero-order valence-corrected chi connectivity index (χ0v) is 18.3. The maximum Gasteiger partial charge on any atom is 0.242 e. The van der Waals surface area contributed by atoms with Crippen molar-refractivity contribution in [3.8, 4) is 0 Å². The van der Waals surface area contributed by atoms with Crippen molar-refractivity contribution < 1.29 is 4.79 Å². The SMILES string of the molecule is O=C(Cn1cc(SCc2ccc(Br)cc2)c2ccccc21)N1CCCCCC1. The lowest BCUT2D eigenvalue weighted by Crippen LogP contribution is -2.34. The van der Waals surface area contributed by atoms with Crippen LogP contribution in [0.5, 0.6) is 0 Å². The van der Waals surface area contributed by atoms with Crippen LogP contribution in [0.2, 0.25) is 0 Å². The van der Waals surface area contributed by atoms with Crippen LogP contribution >= 0.6 is 27.7 Å². The molecule has 0 bridgehead atoms. The van der Waals surface area contributed by atoms with E-state index in [1.807, 2.05) is 11.8 Å². The van der Waals surface area contributed by atoms with E-state index in [-0.39, 0.29) is 5.91 Å². The van der Waals surface area contributed by atoms with Gasteiger partial charge in [-0.3, -0.25) is 4.79 Å². The number of thioether (sulfide) groups is 1. The molecule has 3 nitrogen and oxygen atoms in total. The van der Waals surface area contributed by atoms with Gasteiger partial charge in [0.2, 0.25) is 5.91 Å². The van der Waals surface area contributed by atoms with E-state index >= 15 is 0 Å². The Morgan fingerprint density at radius 1 is 0.964 bits per heavy atom. The number of halogens is 1. The van der Waals surface area contributed by atoms with Gasteiger partial charge in [0.1, 0.15) is 6.54 Å². The van der Waals surface area contributed by atoms with Gasteiger partial charge in [0.25, 0.3) is 0 Å². The van der Waals surface area contributed by atoms with E-state index in [2.05, 4.69) is 80.1 Å². The van der Waals surface area contributed by atoms with Crippen LogP contribution in [-0.2, 0) is 17.1 Å². The average Bonchev–Trinajstić information content (AvgIpc) is 2.88. The van der Waals surface area contributed by atoms with Crippen LogP contribution in [0.25, 0.3) is 10.9 Å². The van der Waals surface area contributed by atoms with Gasteiger partial charge in [0, 0.05) is 45.3 Å². The molecule has 1 fully saturated rings. The van der Waals surface area contributed by atoms with Gasteiger partial charge >= 0.3 is 0 Å². The molecule has 0 spiro atoms. The van der Waals surface area contributed by atoms with Crippen molar-refractivity contribution in [1.82, 2.24) is 9.47 Å². The minimum atomic E-state index is 0.243. The van der Waals surface area contributed by atoms with Crippen LogP contribution in [0.4, 0.5) is 0 Å². The number of nitrogens with zero attached hydrogens (tertiary/aromatic N) is 2. The lowest BCUT2D eigenvalue weighted by molar-refractivity contribution is -0.131. The minimum Gasteiger partial charge on any atom is -0.341 e. The molecule has 146 valence electrons. The minimum absolute atomic E-state index is 0.243. The number of likely N-dealkylation sites (tertiary alicyclic amines) is 1. The molecule has 28 heavy (non-hydrogen) atoms. The highest BCUT2D eigenvalue weighted by Crippen LogP contribution is 2.32. The number of para-hydroxylation sites is 1. The first-order chi connectivity index (χ1) is 13.7. The maximum absolute atomic E-state index is 12.9. The maximum atomic E-state index is 12.9. The summed E-state index contributed by atoms with van der Waals surface area (Å²) in [4.78, 5) is 16.2. The monoisotopic (exact) mass is 456 g/mol. The molecule has 0 aliphatic carbocycles. The van der Waals surface area contributed by atoms with Crippen molar-refractivity contribution in [2.75, 3.05) is 13.1 Å². The molecule has 5 heteroatoms. The number of aromatic nitrogens is 1. The van der Waals surface area contributed by atoms with E-state index in [1.165, 1.54) is 28.7 Å². The van der Waals surface area contributed by atoms with E-state index in [0.29, 0.717) is 6.54 Å². The summed E-state index contributed by atoms with van der Waals surface area (Å²) in [6, 6.07) is 16.9. The number of carbonyl (C=O) groups excluding carboxylic acids is 1. The van der Waals surface area contributed by atoms with Crippen LogP contribution in [0.1, 0.15) is 31.2 Å². The van der Waals surface area contributed by atoms with Crippen molar-refractivity contribution in [1.29, 1.82) is 0 Å². The Morgan fingerprint density at radius 3 is 2.43 bits per heavy atom. The van der Waals surface area contributed by atoms with Crippen LogP contribution < -0.4 is 0 Å². The Morgan fingerprint density at radius 2 is 1.68 bits per heavy atom. The van der Waals surface area contributed by atoms with Crippen molar-refractivity contribution in [2.45, 2.75) is 42.9 Å². The first-order valence-electron chi connectivity index (χ1n) is 9.93. The molecular weight excluding hydrogens is 432 g/mol. The normalized spacial score (nSPS) is 15.0. The summed E-state index contributed by atoms with van der Waals surface area (Å²) in [6.07, 6.45) is 6.91. The van der Waals surface area contributed by atoms with Gasteiger partial charge in [-0.15, -0.1) is 11.8 Å². The fourth-order valence-electron chi connectivity index (χ4n) is 3.77. The molecule has 2 aromatic carbocycles. The van der Waals surface area contributed by atoms with Crippen LogP contribution in [-0.4, -0.2) is 28.5 Å². The van der Waals surface area contributed by atoms with Gasteiger partial charge in [0.05, 0.1) is 0 Å². The molecule has 4 rings (SSSR count). The second-order valence-corrected chi connectivity index (χ2v) is 9.28. The van der Waals surface area contributed by atoms with Gasteiger partial charge in [-0.2, -0.15) is 0 Å². The molecular formula is C23H25BrN2OS. The third-order valence-corrected chi connectivity index (χ3v) is 6.97. The molecule has 0 atom stereocenters. The Labute approximate surface area is 179 Å². The highest BCUT2D eigenvalue weighted by Gasteiger charge is 2.17. The number of carbonyl (C=O) groups is 1. The summed E-state index contributed by atoms with van der Waals surface area (Å²) in [5.41, 5.74) is 2.44. The average molecular weight is 457 g/mol.